The highest BCUT2D eigenvalue weighted by molar-refractivity contribution is 7.14. The highest BCUT2D eigenvalue weighted by Crippen LogP contribution is 2.25. The van der Waals surface area contributed by atoms with Crippen molar-refractivity contribution < 1.29 is 9.53 Å². The van der Waals surface area contributed by atoms with E-state index in [9.17, 15) is 4.79 Å². The number of nitrogens with zero attached hydrogens (tertiary/aromatic N) is 1. The van der Waals surface area contributed by atoms with Gasteiger partial charge in [-0.3, -0.25) is 10.1 Å². The third-order valence-electron chi connectivity index (χ3n) is 3.81. The van der Waals surface area contributed by atoms with Gasteiger partial charge in [0.1, 0.15) is 5.75 Å². The smallest absolute Gasteiger partial charge is 0.257 e. The molecule has 0 radical (unpaired) electrons. The molecule has 2 aromatic carbocycles. The van der Waals surface area contributed by atoms with Crippen molar-refractivity contribution in [3.8, 4) is 17.0 Å². The molecule has 0 saturated carbocycles. The summed E-state index contributed by atoms with van der Waals surface area (Å²) in [5, 5.41) is 5.39. The summed E-state index contributed by atoms with van der Waals surface area (Å²) in [6.45, 7) is 4.66. The molecule has 1 aromatic heterocycles. The van der Waals surface area contributed by atoms with E-state index < -0.39 is 0 Å². The van der Waals surface area contributed by atoms with Crippen LogP contribution in [0.3, 0.4) is 0 Å². The van der Waals surface area contributed by atoms with Gasteiger partial charge in [0.05, 0.1) is 12.3 Å². The summed E-state index contributed by atoms with van der Waals surface area (Å²) in [6, 6.07) is 15.4. The van der Waals surface area contributed by atoms with Gasteiger partial charge >= 0.3 is 0 Å². The van der Waals surface area contributed by atoms with Gasteiger partial charge in [0.25, 0.3) is 5.91 Å². The average Bonchev–Trinajstić information content (AvgIpc) is 3.11. The lowest BCUT2D eigenvalue weighted by molar-refractivity contribution is 0.102. The van der Waals surface area contributed by atoms with Crippen molar-refractivity contribution >= 4 is 22.4 Å². The van der Waals surface area contributed by atoms with E-state index in [0.717, 1.165) is 23.4 Å². The van der Waals surface area contributed by atoms with Crippen LogP contribution in [0, 0.1) is 0 Å². The average molecular weight is 352 g/mol. The third kappa shape index (κ3) is 4.25. The molecule has 1 N–H and O–H groups in total. The van der Waals surface area contributed by atoms with Crippen LogP contribution in [0.5, 0.6) is 5.75 Å². The maximum atomic E-state index is 12.3. The lowest BCUT2D eigenvalue weighted by Crippen LogP contribution is -2.11. The molecule has 1 heterocycles. The number of carbonyl (C=O) groups excluding carboxylic acids is 1. The summed E-state index contributed by atoms with van der Waals surface area (Å²) < 4.78 is 5.39. The predicted molar refractivity (Wildman–Crippen MR) is 102 cm³/mol. The standard InChI is InChI=1S/C20H20N2O2S/c1-3-14-5-7-15(8-6-14)18-13-25-20(21-18)22-19(23)16-9-11-17(12-10-16)24-4-2/h5-13H,3-4H2,1-2H3,(H,21,22,23). The minimum atomic E-state index is -0.176. The van der Waals surface area contributed by atoms with Crippen molar-refractivity contribution in [2.75, 3.05) is 11.9 Å². The third-order valence-corrected chi connectivity index (χ3v) is 4.57. The molecule has 0 bridgehead atoms. The second kappa shape index (κ2) is 7.94. The minimum Gasteiger partial charge on any atom is -0.494 e. The number of hydrogen-bond acceptors (Lipinski definition) is 4. The van der Waals surface area contributed by atoms with Crippen LogP contribution in [0.4, 0.5) is 5.13 Å². The second-order valence-corrected chi connectivity index (χ2v) is 6.36. The van der Waals surface area contributed by atoms with Gasteiger partial charge in [-0.05, 0) is 43.2 Å². The van der Waals surface area contributed by atoms with Gasteiger partial charge in [-0.15, -0.1) is 11.3 Å². The molecule has 5 heteroatoms. The van der Waals surface area contributed by atoms with Crippen molar-refractivity contribution in [2.24, 2.45) is 0 Å². The number of carbonyl (C=O) groups is 1. The lowest BCUT2D eigenvalue weighted by atomic mass is 10.1. The first-order valence-corrected chi connectivity index (χ1v) is 9.16. The topological polar surface area (TPSA) is 51.2 Å². The first kappa shape index (κ1) is 17.2. The molecule has 0 atom stereocenters. The van der Waals surface area contributed by atoms with Gasteiger partial charge in [-0.1, -0.05) is 31.2 Å². The molecule has 1 amide bonds. The van der Waals surface area contributed by atoms with Gasteiger partial charge < -0.3 is 4.74 Å². The van der Waals surface area contributed by atoms with Crippen molar-refractivity contribution in [2.45, 2.75) is 20.3 Å². The molecule has 0 aliphatic heterocycles. The number of nitrogens with one attached hydrogen (secondary N) is 1. The lowest BCUT2D eigenvalue weighted by Gasteiger charge is -2.05. The van der Waals surface area contributed by atoms with Gasteiger partial charge in [-0.25, -0.2) is 4.98 Å². The normalized spacial score (nSPS) is 10.5. The molecule has 0 saturated heterocycles. The van der Waals surface area contributed by atoms with Crippen molar-refractivity contribution in [3.63, 3.8) is 0 Å². The zero-order valence-electron chi connectivity index (χ0n) is 14.3. The monoisotopic (exact) mass is 352 g/mol. The van der Waals surface area contributed by atoms with Crippen molar-refractivity contribution in [1.29, 1.82) is 0 Å². The number of thiazole rings is 1. The van der Waals surface area contributed by atoms with Crippen LogP contribution in [-0.2, 0) is 6.42 Å². The largest absolute Gasteiger partial charge is 0.494 e. The maximum Gasteiger partial charge on any atom is 0.257 e. The highest BCUT2D eigenvalue weighted by atomic mass is 32.1. The van der Waals surface area contributed by atoms with Crippen molar-refractivity contribution in [1.82, 2.24) is 4.98 Å². The second-order valence-electron chi connectivity index (χ2n) is 5.50. The van der Waals surface area contributed by atoms with E-state index in [2.05, 4.69) is 41.5 Å². The fourth-order valence-electron chi connectivity index (χ4n) is 2.41. The number of benzene rings is 2. The van der Waals surface area contributed by atoms with E-state index in [1.165, 1.54) is 16.9 Å². The number of amides is 1. The Morgan fingerprint density at radius 2 is 1.80 bits per heavy atom. The van der Waals surface area contributed by atoms with Crippen molar-refractivity contribution in [3.05, 3.63) is 65.0 Å². The fraction of sp³-hybridized carbons (Fsp3) is 0.200. The van der Waals surface area contributed by atoms with Crippen LogP contribution in [0.2, 0.25) is 0 Å². The molecular weight excluding hydrogens is 332 g/mol. The highest BCUT2D eigenvalue weighted by Gasteiger charge is 2.10. The van der Waals surface area contributed by atoms with E-state index >= 15 is 0 Å². The Morgan fingerprint density at radius 3 is 2.44 bits per heavy atom. The zero-order valence-corrected chi connectivity index (χ0v) is 15.1. The van der Waals surface area contributed by atoms with Gasteiger partial charge in [0.2, 0.25) is 0 Å². The SMILES string of the molecule is CCOc1ccc(C(=O)Nc2nc(-c3ccc(CC)cc3)cs2)cc1. The van der Waals surface area contributed by atoms with Gasteiger partial charge in [0.15, 0.2) is 5.13 Å². The number of rotatable bonds is 6. The molecule has 25 heavy (non-hydrogen) atoms. The summed E-state index contributed by atoms with van der Waals surface area (Å²) in [5.74, 6) is 0.580. The number of ether oxygens (including phenoxy) is 1. The fourth-order valence-corrected chi connectivity index (χ4v) is 3.13. The number of aromatic nitrogens is 1. The molecule has 0 spiro atoms. The summed E-state index contributed by atoms with van der Waals surface area (Å²) in [7, 11) is 0. The van der Waals surface area contributed by atoms with E-state index in [0.29, 0.717) is 17.3 Å². The Balaban J connectivity index is 1.68. The molecule has 4 nitrogen and oxygen atoms in total. The van der Waals surface area contributed by atoms with Crippen LogP contribution >= 0.6 is 11.3 Å². The Kier molecular flexibility index (Phi) is 5.46. The van der Waals surface area contributed by atoms with Crippen LogP contribution < -0.4 is 10.1 Å². The molecular formula is C20H20N2O2S. The molecule has 0 aliphatic rings. The summed E-state index contributed by atoms with van der Waals surface area (Å²) >= 11 is 1.42. The summed E-state index contributed by atoms with van der Waals surface area (Å²) in [5.41, 5.74) is 3.79. The minimum absolute atomic E-state index is 0.176. The quantitative estimate of drug-likeness (QED) is 0.677. The zero-order chi connectivity index (χ0) is 17.6. The van der Waals surface area contributed by atoms with E-state index in [1.807, 2.05) is 12.3 Å². The predicted octanol–water partition coefficient (Wildman–Crippen LogP) is 5.02. The molecule has 0 unspecified atom stereocenters. The molecule has 0 aliphatic carbocycles. The Morgan fingerprint density at radius 1 is 1.08 bits per heavy atom. The van der Waals surface area contributed by atoms with Crippen LogP contribution in [0.25, 0.3) is 11.3 Å². The van der Waals surface area contributed by atoms with E-state index in [-0.39, 0.29) is 5.91 Å². The molecule has 3 rings (SSSR count). The molecule has 3 aromatic rings. The Hall–Kier alpha value is -2.66. The van der Waals surface area contributed by atoms with Gasteiger partial charge in [0, 0.05) is 16.5 Å². The van der Waals surface area contributed by atoms with Crippen LogP contribution in [-0.4, -0.2) is 17.5 Å². The first-order valence-electron chi connectivity index (χ1n) is 8.28. The van der Waals surface area contributed by atoms with Crippen LogP contribution in [0.15, 0.2) is 53.9 Å². The molecule has 128 valence electrons. The van der Waals surface area contributed by atoms with Gasteiger partial charge in [-0.2, -0.15) is 0 Å². The first-order chi connectivity index (χ1) is 12.2. The number of aryl methyl sites for hydroxylation is 1. The number of hydrogen-bond donors (Lipinski definition) is 1. The molecule has 0 fully saturated rings. The summed E-state index contributed by atoms with van der Waals surface area (Å²) in [4.78, 5) is 16.8. The summed E-state index contributed by atoms with van der Waals surface area (Å²) in [6.07, 6.45) is 1.01. The van der Waals surface area contributed by atoms with E-state index in [4.69, 9.17) is 4.74 Å². The maximum absolute atomic E-state index is 12.3. The van der Waals surface area contributed by atoms with Crippen LogP contribution in [0.1, 0.15) is 29.8 Å². The number of anilines is 1. The van der Waals surface area contributed by atoms with E-state index in [1.54, 1.807) is 24.3 Å². The Bertz CT molecular complexity index is 839. The Labute approximate surface area is 151 Å².